The van der Waals surface area contributed by atoms with Crippen molar-refractivity contribution in [2.75, 3.05) is 31.6 Å². The van der Waals surface area contributed by atoms with E-state index in [2.05, 4.69) is 4.90 Å². The smallest absolute Gasteiger partial charge is 0.232 e. The molecule has 1 heterocycles. The highest BCUT2D eigenvalue weighted by atomic mass is 35.5. The molecule has 2 aromatic carbocycles. The van der Waals surface area contributed by atoms with Crippen molar-refractivity contribution in [2.24, 2.45) is 5.92 Å². The van der Waals surface area contributed by atoms with Gasteiger partial charge in [-0.05, 0) is 43.0 Å². The second-order valence-corrected chi connectivity index (χ2v) is 8.33. The third kappa shape index (κ3) is 5.10. The number of aromatic hydroxyl groups is 1. The van der Waals surface area contributed by atoms with Crippen molar-refractivity contribution in [3.63, 3.8) is 0 Å². The molecule has 29 heavy (non-hydrogen) atoms. The van der Waals surface area contributed by atoms with Crippen LogP contribution < -0.4 is 4.90 Å². The molecule has 0 spiro atoms. The Balaban J connectivity index is 1.56. The number of nitrogens with zero attached hydrogens (tertiary/aromatic N) is 2. The minimum Gasteiger partial charge on any atom is -0.508 e. The largest absolute Gasteiger partial charge is 0.508 e. The van der Waals surface area contributed by atoms with Crippen LogP contribution in [0.25, 0.3) is 0 Å². The van der Waals surface area contributed by atoms with Crippen molar-refractivity contribution in [3.05, 3.63) is 59.1 Å². The van der Waals surface area contributed by atoms with Gasteiger partial charge in [0.05, 0.1) is 11.5 Å². The number of likely N-dealkylation sites (tertiary alicyclic amines) is 1. The molecule has 1 saturated heterocycles. The van der Waals surface area contributed by atoms with E-state index in [4.69, 9.17) is 11.6 Å². The van der Waals surface area contributed by atoms with Gasteiger partial charge < -0.3 is 20.0 Å². The Morgan fingerprint density at radius 2 is 1.90 bits per heavy atom. The highest BCUT2D eigenvalue weighted by Gasteiger charge is 2.42. The lowest BCUT2D eigenvalue weighted by molar-refractivity contribution is -0.134. The van der Waals surface area contributed by atoms with Crippen LogP contribution >= 0.6 is 11.6 Å². The Kier molecular flexibility index (Phi) is 6.83. The quantitative estimate of drug-likeness (QED) is 0.753. The fourth-order valence-corrected chi connectivity index (χ4v) is 4.16. The molecular formula is C23H29ClN2O3. The average molecular weight is 417 g/mol. The maximum Gasteiger partial charge on any atom is 0.232 e. The molecule has 1 aliphatic rings. The number of amides is 1. The molecule has 156 valence electrons. The van der Waals surface area contributed by atoms with Crippen molar-refractivity contribution >= 4 is 23.2 Å². The SMILES string of the molecule is CC(C(=O)N(C)c1cccc(O)c1)C1(O)CCN(CCc2ccccc2Cl)CC1. The van der Waals surface area contributed by atoms with Crippen LogP contribution in [0.2, 0.25) is 5.02 Å². The third-order valence-electron chi connectivity index (χ3n) is 6.10. The van der Waals surface area contributed by atoms with E-state index >= 15 is 0 Å². The van der Waals surface area contributed by atoms with Crippen LogP contribution in [0.5, 0.6) is 5.75 Å². The molecule has 1 atom stereocenters. The Bertz CT molecular complexity index is 850. The zero-order valence-corrected chi connectivity index (χ0v) is 17.8. The number of aliphatic hydroxyl groups is 1. The Labute approximate surface area is 177 Å². The fraction of sp³-hybridized carbons (Fsp3) is 0.435. The van der Waals surface area contributed by atoms with Crippen LogP contribution in [0.1, 0.15) is 25.3 Å². The lowest BCUT2D eigenvalue weighted by Gasteiger charge is -2.42. The summed E-state index contributed by atoms with van der Waals surface area (Å²) in [6.07, 6.45) is 1.97. The van der Waals surface area contributed by atoms with E-state index in [0.717, 1.165) is 36.6 Å². The van der Waals surface area contributed by atoms with Gasteiger partial charge in [-0.3, -0.25) is 4.79 Å². The third-order valence-corrected chi connectivity index (χ3v) is 6.47. The lowest BCUT2D eigenvalue weighted by Crippen LogP contribution is -2.52. The molecule has 2 N–H and O–H groups in total. The van der Waals surface area contributed by atoms with E-state index in [0.29, 0.717) is 18.5 Å². The Morgan fingerprint density at radius 3 is 2.55 bits per heavy atom. The summed E-state index contributed by atoms with van der Waals surface area (Å²) in [5.41, 5.74) is 0.720. The van der Waals surface area contributed by atoms with Crippen LogP contribution in [0.4, 0.5) is 5.69 Å². The molecule has 6 heteroatoms. The first-order valence-electron chi connectivity index (χ1n) is 10.0. The number of phenols is 1. The van der Waals surface area contributed by atoms with Gasteiger partial charge in [0, 0.05) is 43.5 Å². The summed E-state index contributed by atoms with van der Waals surface area (Å²) in [5, 5.41) is 21.6. The molecule has 0 aromatic heterocycles. The van der Waals surface area contributed by atoms with Crippen molar-refractivity contribution in [1.29, 1.82) is 0 Å². The number of phenolic OH excluding ortho intramolecular Hbond substituents is 1. The van der Waals surface area contributed by atoms with Gasteiger partial charge in [-0.25, -0.2) is 0 Å². The summed E-state index contributed by atoms with van der Waals surface area (Å²) in [5.74, 6) is -0.566. The molecule has 3 rings (SSSR count). The zero-order chi connectivity index (χ0) is 21.0. The van der Waals surface area contributed by atoms with Gasteiger partial charge in [0.2, 0.25) is 5.91 Å². The molecule has 1 unspecified atom stereocenters. The van der Waals surface area contributed by atoms with E-state index in [1.54, 1.807) is 38.2 Å². The van der Waals surface area contributed by atoms with Gasteiger partial charge >= 0.3 is 0 Å². The maximum absolute atomic E-state index is 12.9. The van der Waals surface area contributed by atoms with Crippen molar-refractivity contribution < 1.29 is 15.0 Å². The van der Waals surface area contributed by atoms with Crippen LogP contribution in [0.3, 0.4) is 0 Å². The van der Waals surface area contributed by atoms with Crippen LogP contribution in [0, 0.1) is 5.92 Å². The average Bonchev–Trinajstić information content (AvgIpc) is 2.73. The van der Waals surface area contributed by atoms with E-state index in [-0.39, 0.29) is 11.7 Å². The zero-order valence-electron chi connectivity index (χ0n) is 17.0. The summed E-state index contributed by atoms with van der Waals surface area (Å²) < 4.78 is 0. The standard InChI is InChI=1S/C23H29ClN2O3/c1-17(22(28)25(2)19-7-5-8-20(27)16-19)23(29)11-14-26(15-12-23)13-10-18-6-3-4-9-21(18)24/h3-9,16-17,27,29H,10-15H2,1-2H3. The van der Waals surface area contributed by atoms with E-state index in [9.17, 15) is 15.0 Å². The number of halogens is 1. The highest BCUT2D eigenvalue weighted by molar-refractivity contribution is 6.31. The molecule has 0 radical (unpaired) electrons. The minimum absolute atomic E-state index is 0.111. The van der Waals surface area contributed by atoms with E-state index < -0.39 is 11.5 Å². The molecular weight excluding hydrogens is 388 g/mol. The summed E-state index contributed by atoms with van der Waals surface area (Å²) in [4.78, 5) is 16.8. The molecule has 1 aliphatic heterocycles. The summed E-state index contributed by atoms with van der Waals surface area (Å²) in [7, 11) is 1.68. The Morgan fingerprint density at radius 1 is 1.21 bits per heavy atom. The number of carbonyl (C=O) groups excluding carboxylic acids is 1. The number of anilines is 1. The second-order valence-electron chi connectivity index (χ2n) is 7.93. The first-order valence-corrected chi connectivity index (χ1v) is 10.4. The van der Waals surface area contributed by atoms with Crippen molar-refractivity contribution in [2.45, 2.75) is 31.8 Å². The first-order chi connectivity index (χ1) is 13.8. The summed E-state index contributed by atoms with van der Waals surface area (Å²) in [6.45, 7) is 4.16. The van der Waals surface area contributed by atoms with Crippen LogP contribution in [-0.2, 0) is 11.2 Å². The highest BCUT2D eigenvalue weighted by Crippen LogP contribution is 2.32. The molecule has 0 saturated carbocycles. The molecule has 1 fully saturated rings. The van der Waals surface area contributed by atoms with E-state index in [1.165, 1.54) is 4.90 Å². The molecule has 0 bridgehead atoms. The first kappa shape index (κ1) is 21.6. The predicted molar refractivity (Wildman–Crippen MR) is 116 cm³/mol. The summed E-state index contributed by atoms with van der Waals surface area (Å²) >= 11 is 6.24. The van der Waals surface area contributed by atoms with Crippen molar-refractivity contribution in [3.8, 4) is 5.75 Å². The van der Waals surface area contributed by atoms with Gasteiger partial charge in [0.25, 0.3) is 0 Å². The van der Waals surface area contributed by atoms with Gasteiger partial charge in [-0.2, -0.15) is 0 Å². The molecule has 1 amide bonds. The topological polar surface area (TPSA) is 64.0 Å². The van der Waals surface area contributed by atoms with Gasteiger partial charge in [-0.1, -0.05) is 42.8 Å². The summed E-state index contributed by atoms with van der Waals surface area (Å²) in [6, 6.07) is 14.5. The normalized spacial score (nSPS) is 17.7. The van der Waals surface area contributed by atoms with Crippen LogP contribution in [-0.4, -0.2) is 53.3 Å². The predicted octanol–water partition coefficient (Wildman–Crippen LogP) is 3.71. The minimum atomic E-state index is -1.02. The van der Waals surface area contributed by atoms with Gasteiger partial charge in [0.15, 0.2) is 0 Å². The van der Waals surface area contributed by atoms with Crippen molar-refractivity contribution in [1.82, 2.24) is 4.90 Å². The number of carbonyl (C=O) groups is 1. The number of benzene rings is 2. The van der Waals surface area contributed by atoms with Crippen LogP contribution in [0.15, 0.2) is 48.5 Å². The van der Waals surface area contributed by atoms with Gasteiger partial charge in [-0.15, -0.1) is 0 Å². The number of hydrogen-bond donors (Lipinski definition) is 2. The second kappa shape index (κ2) is 9.16. The number of piperidine rings is 1. The monoisotopic (exact) mass is 416 g/mol. The molecule has 0 aliphatic carbocycles. The number of hydrogen-bond acceptors (Lipinski definition) is 4. The Hall–Kier alpha value is -2.08. The maximum atomic E-state index is 12.9. The number of rotatable bonds is 6. The molecule has 2 aromatic rings. The van der Waals surface area contributed by atoms with Gasteiger partial charge in [0.1, 0.15) is 5.75 Å². The molecule has 5 nitrogen and oxygen atoms in total. The fourth-order valence-electron chi connectivity index (χ4n) is 3.93. The van der Waals surface area contributed by atoms with E-state index in [1.807, 2.05) is 24.3 Å². The lowest BCUT2D eigenvalue weighted by atomic mass is 9.79.